The van der Waals surface area contributed by atoms with Gasteiger partial charge in [-0.25, -0.2) is 9.78 Å². The van der Waals surface area contributed by atoms with Crippen LogP contribution in [0.15, 0.2) is 97.5 Å². The highest BCUT2D eigenvalue weighted by Crippen LogP contribution is 2.13. The molecule has 3 aromatic carbocycles. The molecule has 0 fully saturated rings. The molecular formula is C32H34N6O6. The van der Waals surface area contributed by atoms with E-state index in [0.29, 0.717) is 11.3 Å². The van der Waals surface area contributed by atoms with Crippen LogP contribution in [0, 0.1) is 0 Å². The number of aromatic hydroxyl groups is 1. The predicted molar refractivity (Wildman–Crippen MR) is 161 cm³/mol. The second-order valence-corrected chi connectivity index (χ2v) is 10.1. The Kier molecular flexibility index (Phi) is 11.1. The van der Waals surface area contributed by atoms with Gasteiger partial charge in [-0.15, -0.1) is 0 Å². The summed E-state index contributed by atoms with van der Waals surface area (Å²) >= 11 is 0. The van der Waals surface area contributed by atoms with Crippen LogP contribution in [0.25, 0.3) is 0 Å². The number of primary amides is 1. The number of aromatic amines is 1. The second kappa shape index (κ2) is 15.5. The number of hydrogen-bond donors (Lipinski definition) is 6. The van der Waals surface area contributed by atoms with E-state index in [-0.39, 0.29) is 31.6 Å². The van der Waals surface area contributed by atoms with Crippen molar-refractivity contribution < 1.29 is 29.0 Å². The van der Waals surface area contributed by atoms with Crippen molar-refractivity contribution in [2.24, 2.45) is 5.73 Å². The minimum Gasteiger partial charge on any atom is -0.508 e. The van der Waals surface area contributed by atoms with Crippen LogP contribution in [0.3, 0.4) is 0 Å². The molecule has 12 nitrogen and oxygen atoms in total. The van der Waals surface area contributed by atoms with Crippen LogP contribution in [0.2, 0.25) is 0 Å². The fourth-order valence-electron chi connectivity index (χ4n) is 4.43. The van der Waals surface area contributed by atoms with E-state index in [4.69, 9.17) is 10.5 Å². The van der Waals surface area contributed by atoms with Crippen LogP contribution >= 0.6 is 0 Å². The van der Waals surface area contributed by atoms with Crippen molar-refractivity contribution >= 4 is 23.8 Å². The third-order valence-electron chi connectivity index (χ3n) is 6.75. The van der Waals surface area contributed by atoms with Crippen LogP contribution in [-0.2, 0) is 45.0 Å². The second-order valence-electron chi connectivity index (χ2n) is 10.1. The lowest BCUT2D eigenvalue weighted by molar-refractivity contribution is -0.132. The quantitative estimate of drug-likeness (QED) is 0.128. The van der Waals surface area contributed by atoms with E-state index in [9.17, 15) is 24.3 Å². The Balaban J connectivity index is 1.52. The number of carbonyl (C=O) groups is 4. The van der Waals surface area contributed by atoms with E-state index in [1.54, 1.807) is 48.5 Å². The number of ether oxygens (including phenoxy) is 1. The van der Waals surface area contributed by atoms with Crippen LogP contribution in [0.4, 0.5) is 4.79 Å². The summed E-state index contributed by atoms with van der Waals surface area (Å²) in [5, 5.41) is 17.7. The Morgan fingerprint density at radius 2 is 1.27 bits per heavy atom. The van der Waals surface area contributed by atoms with E-state index in [1.165, 1.54) is 24.7 Å². The zero-order chi connectivity index (χ0) is 31.3. The molecule has 0 aliphatic heterocycles. The molecule has 228 valence electrons. The third kappa shape index (κ3) is 9.72. The lowest BCUT2D eigenvalue weighted by Gasteiger charge is -2.25. The highest BCUT2D eigenvalue weighted by atomic mass is 16.5. The monoisotopic (exact) mass is 598 g/mol. The van der Waals surface area contributed by atoms with Crippen LogP contribution in [0.5, 0.6) is 5.75 Å². The van der Waals surface area contributed by atoms with Gasteiger partial charge in [0.05, 0.1) is 6.33 Å². The van der Waals surface area contributed by atoms with E-state index >= 15 is 0 Å². The maximum absolute atomic E-state index is 13.7. The lowest BCUT2D eigenvalue weighted by atomic mass is 10.0. The first-order valence-electron chi connectivity index (χ1n) is 13.9. The van der Waals surface area contributed by atoms with Gasteiger partial charge in [0.15, 0.2) is 0 Å². The van der Waals surface area contributed by atoms with Gasteiger partial charge in [-0.2, -0.15) is 0 Å². The number of phenolic OH excluding ortho intramolecular Hbond substituents is 1. The summed E-state index contributed by atoms with van der Waals surface area (Å²) in [7, 11) is 0. The fourth-order valence-corrected chi connectivity index (χ4v) is 4.43. The summed E-state index contributed by atoms with van der Waals surface area (Å²) < 4.78 is 5.33. The highest BCUT2D eigenvalue weighted by Gasteiger charge is 2.30. The first-order chi connectivity index (χ1) is 21.3. The summed E-state index contributed by atoms with van der Waals surface area (Å²) in [6.07, 6.45) is 2.34. The molecule has 3 atom stereocenters. The molecule has 0 aliphatic carbocycles. The minimum atomic E-state index is -1.15. The fraction of sp³-hybridized carbons (Fsp3) is 0.219. The molecule has 0 bridgehead atoms. The van der Waals surface area contributed by atoms with Crippen molar-refractivity contribution in [1.29, 1.82) is 0 Å². The van der Waals surface area contributed by atoms with Crippen molar-refractivity contribution in [1.82, 2.24) is 25.9 Å². The SMILES string of the molecule is NC(=O)[C@H](Cc1cnc[nH]1)NC(=O)[C@H](Cc1ccccc1)NC(=O)[C@H](Cc1ccc(O)cc1)NC(=O)OCc1ccccc1. The molecule has 12 heteroatoms. The first-order valence-corrected chi connectivity index (χ1v) is 13.9. The van der Waals surface area contributed by atoms with E-state index in [2.05, 4.69) is 25.9 Å². The number of hydrogen-bond acceptors (Lipinski definition) is 7. The number of rotatable bonds is 14. The Labute approximate surface area is 254 Å². The van der Waals surface area contributed by atoms with Gasteiger partial charge >= 0.3 is 6.09 Å². The Hall–Kier alpha value is -5.65. The number of nitrogens with two attached hydrogens (primary N) is 1. The topological polar surface area (TPSA) is 189 Å². The molecule has 4 amide bonds. The Morgan fingerprint density at radius 3 is 1.84 bits per heavy atom. The van der Waals surface area contributed by atoms with Crippen molar-refractivity contribution in [2.45, 2.75) is 44.0 Å². The van der Waals surface area contributed by atoms with Crippen molar-refractivity contribution in [2.75, 3.05) is 0 Å². The lowest BCUT2D eigenvalue weighted by Crippen LogP contribution is -2.57. The Bertz CT molecular complexity index is 1510. The molecule has 4 rings (SSSR count). The number of alkyl carbamates (subject to hydrolysis) is 1. The zero-order valence-corrected chi connectivity index (χ0v) is 23.8. The van der Waals surface area contributed by atoms with E-state index in [0.717, 1.165) is 11.1 Å². The highest BCUT2D eigenvalue weighted by molar-refractivity contribution is 5.94. The average Bonchev–Trinajstić information content (AvgIpc) is 3.54. The molecule has 4 aromatic rings. The van der Waals surface area contributed by atoms with Crippen molar-refractivity contribution in [3.63, 3.8) is 0 Å². The number of phenols is 1. The summed E-state index contributed by atoms with van der Waals surface area (Å²) in [5.74, 6) is -2.01. The molecule has 0 radical (unpaired) electrons. The molecule has 0 saturated heterocycles. The molecular weight excluding hydrogens is 564 g/mol. The number of imidazole rings is 1. The largest absolute Gasteiger partial charge is 0.508 e. The van der Waals surface area contributed by atoms with Gasteiger partial charge in [0.1, 0.15) is 30.5 Å². The number of amides is 4. The van der Waals surface area contributed by atoms with Crippen LogP contribution in [0.1, 0.15) is 22.4 Å². The number of benzene rings is 3. The average molecular weight is 599 g/mol. The molecule has 0 saturated carbocycles. The summed E-state index contributed by atoms with van der Waals surface area (Å²) in [6.45, 7) is -0.00982. The number of carbonyl (C=O) groups excluding carboxylic acids is 4. The Morgan fingerprint density at radius 1 is 0.727 bits per heavy atom. The molecule has 1 heterocycles. The standard InChI is InChI=1S/C32H34N6O6/c33-29(40)26(17-24-18-34-20-35-24)36-30(41)27(15-21-7-3-1-4-8-21)37-31(42)28(16-22-11-13-25(39)14-12-22)38-32(43)44-19-23-9-5-2-6-10-23/h1-14,18,20,26-28,39H,15-17,19H2,(H2,33,40)(H,34,35)(H,36,41)(H,37,42)(H,38,43)/t26-,27-,28-/m0/s1. The van der Waals surface area contributed by atoms with Crippen LogP contribution in [-0.4, -0.2) is 57.0 Å². The van der Waals surface area contributed by atoms with Gasteiger partial charge < -0.3 is 36.5 Å². The number of nitrogens with one attached hydrogen (secondary N) is 4. The minimum absolute atomic E-state index is 0.00982. The number of aromatic nitrogens is 2. The smallest absolute Gasteiger partial charge is 0.408 e. The molecule has 0 aliphatic rings. The molecule has 7 N–H and O–H groups in total. The predicted octanol–water partition coefficient (Wildman–Crippen LogP) is 1.89. The van der Waals surface area contributed by atoms with E-state index in [1.807, 2.05) is 24.3 Å². The summed E-state index contributed by atoms with van der Waals surface area (Å²) in [5.41, 5.74) is 8.32. The van der Waals surface area contributed by atoms with Gasteiger partial charge in [0, 0.05) is 31.2 Å². The van der Waals surface area contributed by atoms with Gasteiger partial charge in [0.25, 0.3) is 0 Å². The molecule has 0 unspecified atom stereocenters. The summed E-state index contributed by atoms with van der Waals surface area (Å²) in [6, 6.07) is 20.9. The van der Waals surface area contributed by atoms with Gasteiger partial charge in [-0.1, -0.05) is 72.8 Å². The normalized spacial score (nSPS) is 12.7. The number of nitrogens with zero attached hydrogens (tertiary/aromatic N) is 1. The number of H-pyrrole nitrogens is 1. The van der Waals surface area contributed by atoms with Crippen molar-refractivity contribution in [3.8, 4) is 5.75 Å². The summed E-state index contributed by atoms with van der Waals surface area (Å²) in [4.78, 5) is 59.0. The molecule has 44 heavy (non-hydrogen) atoms. The maximum atomic E-state index is 13.7. The van der Waals surface area contributed by atoms with Crippen molar-refractivity contribution in [3.05, 3.63) is 120 Å². The van der Waals surface area contributed by atoms with Gasteiger partial charge in [-0.3, -0.25) is 14.4 Å². The molecule has 1 aromatic heterocycles. The molecule has 0 spiro atoms. The first kappa shape index (κ1) is 31.3. The van der Waals surface area contributed by atoms with E-state index < -0.39 is 41.9 Å². The van der Waals surface area contributed by atoms with Crippen LogP contribution < -0.4 is 21.7 Å². The third-order valence-corrected chi connectivity index (χ3v) is 6.75. The van der Waals surface area contributed by atoms with Gasteiger partial charge in [-0.05, 0) is 28.8 Å². The van der Waals surface area contributed by atoms with Gasteiger partial charge in [0.2, 0.25) is 17.7 Å². The zero-order valence-electron chi connectivity index (χ0n) is 23.8. The maximum Gasteiger partial charge on any atom is 0.408 e.